The molecule has 98 valence electrons. The molecule has 1 saturated heterocycles. The SMILES string of the molecule is Brc1cncnc1N1CCN(c2ncccn2)CC1. The third kappa shape index (κ3) is 2.65. The Morgan fingerprint density at radius 2 is 1.63 bits per heavy atom. The Balaban J connectivity index is 1.69. The molecule has 3 rings (SSSR count). The molecule has 1 aliphatic heterocycles. The minimum atomic E-state index is 0.795. The van der Waals surface area contributed by atoms with E-state index in [1.165, 1.54) is 0 Å². The summed E-state index contributed by atoms with van der Waals surface area (Å²) in [6.07, 6.45) is 6.90. The molecule has 0 aliphatic carbocycles. The van der Waals surface area contributed by atoms with Crippen LogP contribution in [0.1, 0.15) is 0 Å². The molecule has 1 fully saturated rings. The Morgan fingerprint density at radius 3 is 2.32 bits per heavy atom. The molecule has 3 heterocycles. The van der Waals surface area contributed by atoms with Gasteiger partial charge < -0.3 is 9.80 Å². The third-order valence-corrected chi connectivity index (χ3v) is 3.62. The van der Waals surface area contributed by atoms with E-state index < -0.39 is 0 Å². The molecule has 0 aromatic carbocycles. The van der Waals surface area contributed by atoms with Crippen molar-refractivity contribution in [1.29, 1.82) is 0 Å². The predicted octanol–water partition coefficient (Wildman–Crippen LogP) is 1.36. The number of aromatic nitrogens is 4. The fourth-order valence-corrected chi connectivity index (χ4v) is 2.58. The Labute approximate surface area is 119 Å². The first-order valence-electron chi connectivity index (χ1n) is 6.07. The van der Waals surface area contributed by atoms with Crippen molar-refractivity contribution in [2.45, 2.75) is 0 Å². The topological polar surface area (TPSA) is 58.0 Å². The molecule has 0 spiro atoms. The quantitative estimate of drug-likeness (QED) is 0.832. The first kappa shape index (κ1) is 12.3. The second-order valence-electron chi connectivity index (χ2n) is 4.22. The highest BCUT2D eigenvalue weighted by Crippen LogP contribution is 2.23. The van der Waals surface area contributed by atoms with E-state index in [4.69, 9.17) is 0 Å². The molecule has 19 heavy (non-hydrogen) atoms. The third-order valence-electron chi connectivity index (χ3n) is 3.06. The number of anilines is 2. The highest BCUT2D eigenvalue weighted by atomic mass is 79.9. The van der Waals surface area contributed by atoms with Crippen molar-refractivity contribution in [3.63, 3.8) is 0 Å². The van der Waals surface area contributed by atoms with Crippen LogP contribution in [0.4, 0.5) is 11.8 Å². The molecular weight excluding hydrogens is 308 g/mol. The fraction of sp³-hybridized carbons (Fsp3) is 0.333. The summed E-state index contributed by atoms with van der Waals surface area (Å²) in [7, 11) is 0. The minimum Gasteiger partial charge on any atom is -0.352 e. The van der Waals surface area contributed by atoms with E-state index in [0.29, 0.717) is 0 Å². The lowest BCUT2D eigenvalue weighted by atomic mass is 10.3. The first-order chi connectivity index (χ1) is 9.34. The van der Waals surface area contributed by atoms with Gasteiger partial charge in [0.05, 0.1) is 4.47 Å². The Hall–Kier alpha value is -1.76. The molecule has 6 nitrogen and oxygen atoms in total. The van der Waals surface area contributed by atoms with Crippen LogP contribution >= 0.6 is 15.9 Å². The van der Waals surface area contributed by atoms with E-state index >= 15 is 0 Å². The zero-order chi connectivity index (χ0) is 13.1. The number of piperazine rings is 1. The lowest BCUT2D eigenvalue weighted by Gasteiger charge is -2.35. The number of hydrogen-bond donors (Lipinski definition) is 0. The summed E-state index contributed by atoms with van der Waals surface area (Å²) in [6, 6.07) is 1.83. The van der Waals surface area contributed by atoms with Gasteiger partial charge >= 0.3 is 0 Å². The van der Waals surface area contributed by atoms with Crippen molar-refractivity contribution >= 4 is 27.7 Å². The maximum atomic E-state index is 4.32. The Kier molecular flexibility index (Phi) is 3.54. The zero-order valence-electron chi connectivity index (χ0n) is 10.3. The van der Waals surface area contributed by atoms with E-state index in [1.807, 2.05) is 6.07 Å². The van der Waals surface area contributed by atoms with Gasteiger partial charge in [0.15, 0.2) is 0 Å². The van der Waals surface area contributed by atoms with Crippen LogP contribution in [0.2, 0.25) is 0 Å². The number of hydrogen-bond acceptors (Lipinski definition) is 6. The van der Waals surface area contributed by atoms with E-state index in [9.17, 15) is 0 Å². The maximum Gasteiger partial charge on any atom is 0.225 e. The molecule has 0 atom stereocenters. The van der Waals surface area contributed by atoms with Crippen LogP contribution in [-0.2, 0) is 0 Å². The summed E-state index contributed by atoms with van der Waals surface area (Å²) in [5.74, 6) is 1.74. The lowest BCUT2D eigenvalue weighted by Crippen LogP contribution is -2.47. The van der Waals surface area contributed by atoms with Gasteiger partial charge in [0.25, 0.3) is 0 Å². The van der Waals surface area contributed by atoms with Gasteiger partial charge in [-0.15, -0.1) is 0 Å². The van der Waals surface area contributed by atoms with E-state index in [2.05, 4.69) is 45.7 Å². The van der Waals surface area contributed by atoms with Gasteiger partial charge in [0.2, 0.25) is 5.95 Å². The van der Waals surface area contributed by atoms with Crippen LogP contribution in [0.15, 0.2) is 35.5 Å². The second-order valence-corrected chi connectivity index (χ2v) is 5.07. The van der Waals surface area contributed by atoms with Crippen molar-refractivity contribution < 1.29 is 0 Å². The van der Waals surface area contributed by atoms with Gasteiger partial charge in [-0.25, -0.2) is 19.9 Å². The monoisotopic (exact) mass is 320 g/mol. The average molecular weight is 321 g/mol. The minimum absolute atomic E-state index is 0.795. The van der Waals surface area contributed by atoms with Gasteiger partial charge in [-0.1, -0.05) is 0 Å². The van der Waals surface area contributed by atoms with Crippen molar-refractivity contribution in [2.24, 2.45) is 0 Å². The number of halogens is 1. The normalized spacial score (nSPS) is 15.6. The van der Waals surface area contributed by atoms with Crippen LogP contribution in [0, 0.1) is 0 Å². The highest BCUT2D eigenvalue weighted by Gasteiger charge is 2.20. The van der Waals surface area contributed by atoms with Gasteiger partial charge in [-0.2, -0.15) is 0 Å². The first-order valence-corrected chi connectivity index (χ1v) is 6.86. The molecule has 0 unspecified atom stereocenters. The molecule has 0 N–H and O–H groups in total. The zero-order valence-corrected chi connectivity index (χ0v) is 11.9. The Bertz CT molecular complexity index is 541. The molecule has 7 heteroatoms. The van der Waals surface area contributed by atoms with Gasteiger partial charge in [-0.05, 0) is 22.0 Å². The van der Waals surface area contributed by atoms with Crippen LogP contribution in [0.25, 0.3) is 0 Å². The van der Waals surface area contributed by atoms with Gasteiger partial charge in [-0.3, -0.25) is 0 Å². The summed E-state index contributed by atoms with van der Waals surface area (Å²) in [5.41, 5.74) is 0. The molecule has 2 aromatic rings. The average Bonchev–Trinajstić information content (AvgIpc) is 2.49. The molecular formula is C12H13BrN6. The summed E-state index contributed by atoms with van der Waals surface area (Å²) in [6.45, 7) is 3.57. The second kappa shape index (κ2) is 5.48. The van der Waals surface area contributed by atoms with Gasteiger partial charge in [0, 0.05) is 44.8 Å². The largest absolute Gasteiger partial charge is 0.352 e. The predicted molar refractivity (Wildman–Crippen MR) is 76.2 cm³/mol. The van der Waals surface area contributed by atoms with Crippen LogP contribution in [-0.4, -0.2) is 46.1 Å². The van der Waals surface area contributed by atoms with Gasteiger partial charge in [0.1, 0.15) is 12.1 Å². The Morgan fingerprint density at radius 1 is 0.947 bits per heavy atom. The fourth-order valence-electron chi connectivity index (χ4n) is 2.11. The van der Waals surface area contributed by atoms with Crippen LogP contribution < -0.4 is 9.80 Å². The summed E-state index contributed by atoms with van der Waals surface area (Å²) in [5, 5.41) is 0. The highest BCUT2D eigenvalue weighted by molar-refractivity contribution is 9.10. The summed E-state index contributed by atoms with van der Waals surface area (Å²) in [4.78, 5) is 21.3. The maximum absolute atomic E-state index is 4.32. The van der Waals surface area contributed by atoms with E-state index in [1.54, 1.807) is 24.9 Å². The lowest BCUT2D eigenvalue weighted by molar-refractivity contribution is 0.633. The number of nitrogens with zero attached hydrogens (tertiary/aromatic N) is 6. The molecule has 0 bridgehead atoms. The summed E-state index contributed by atoms with van der Waals surface area (Å²) >= 11 is 3.49. The van der Waals surface area contributed by atoms with Crippen LogP contribution in [0.3, 0.4) is 0 Å². The van der Waals surface area contributed by atoms with Crippen LogP contribution in [0.5, 0.6) is 0 Å². The van der Waals surface area contributed by atoms with Crippen molar-refractivity contribution in [3.8, 4) is 0 Å². The van der Waals surface area contributed by atoms with E-state index in [-0.39, 0.29) is 0 Å². The standard InChI is InChI=1S/C12H13BrN6/c13-10-8-14-9-17-11(10)18-4-6-19(7-5-18)12-15-2-1-3-16-12/h1-3,8-9H,4-7H2. The van der Waals surface area contributed by atoms with Crippen molar-refractivity contribution in [2.75, 3.05) is 36.0 Å². The summed E-state index contributed by atoms with van der Waals surface area (Å²) < 4.78 is 0.930. The smallest absolute Gasteiger partial charge is 0.225 e. The molecule has 0 amide bonds. The molecule has 0 radical (unpaired) electrons. The molecule has 0 saturated carbocycles. The molecule has 2 aromatic heterocycles. The molecule has 1 aliphatic rings. The number of rotatable bonds is 2. The van der Waals surface area contributed by atoms with Crippen molar-refractivity contribution in [1.82, 2.24) is 19.9 Å². The van der Waals surface area contributed by atoms with E-state index in [0.717, 1.165) is 42.4 Å². The van der Waals surface area contributed by atoms with Crippen molar-refractivity contribution in [3.05, 3.63) is 35.5 Å².